The van der Waals surface area contributed by atoms with Gasteiger partial charge in [0.1, 0.15) is 10.6 Å². The van der Waals surface area contributed by atoms with Crippen LogP contribution < -0.4 is 4.72 Å². The van der Waals surface area contributed by atoms with Gasteiger partial charge in [-0.3, -0.25) is 4.79 Å². The second-order valence-electron chi connectivity index (χ2n) is 6.20. The van der Waals surface area contributed by atoms with E-state index in [1.54, 1.807) is 19.1 Å². The predicted molar refractivity (Wildman–Crippen MR) is 89.1 cm³/mol. The highest BCUT2D eigenvalue weighted by Gasteiger charge is 2.39. The molecule has 0 bridgehead atoms. The zero-order valence-electron chi connectivity index (χ0n) is 13.3. The van der Waals surface area contributed by atoms with Gasteiger partial charge in [0.05, 0.1) is 23.5 Å². The third-order valence-electron chi connectivity index (χ3n) is 3.16. The second kappa shape index (κ2) is 7.29. The van der Waals surface area contributed by atoms with E-state index in [9.17, 15) is 13.7 Å². The van der Waals surface area contributed by atoms with Crippen molar-refractivity contribution in [3.8, 4) is 0 Å². The average molecular weight is 394 g/mol. The van der Waals surface area contributed by atoms with Crippen molar-refractivity contribution < 1.29 is 18.5 Å². The van der Waals surface area contributed by atoms with Crippen LogP contribution in [-0.4, -0.2) is 22.4 Å². The molecule has 0 aliphatic rings. The molecule has 0 amide bonds. The molecule has 22 heavy (non-hydrogen) atoms. The molecule has 0 saturated carbocycles. The van der Waals surface area contributed by atoms with Crippen LogP contribution in [0.5, 0.6) is 0 Å². The molecule has 1 aromatic carbocycles. The van der Waals surface area contributed by atoms with E-state index in [0.29, 0.717) is 5.56 Å². The Kier molecular flexibility index (Phi) is 6.44. The zero-order valence-corrected chi connectivity index (χ0v) is 15.7. The van der Waals surface area contributed by atoms with E-state index in [0.717, 1.165) is 0 Å². The van der Waals surface area contributed by atoms with Crippen molar-refractivity contribution in [1.82, 2.24) is 4.72 Å². The van der Waals surface area contributed by atoms with Gasteiger partial charge in [0.15, 0.2) is 0 Å². The molecule has 0 aliphatic heterocycles. The highest BCUT2D eigenvalue weighted by atomic mass is 79.9. The topological polar surface area (TPSA) is 61.4 Å². The molecule has 1 unspecified atom stereocenters. The molecule has 0 aliphatic carbocycles. The lowest BCUT2D eigenvalue weighted by molar-refractivity contribution is -0.142. The van der Waals surface area contributed by atoms with Crippen molar-refractivity contribution in [3.05, 3.63) is 34.1 Å². The van der Waals surface area contributed by atoms with Crippen molar-refractivity contribution in [3.63, 3.8) is 0 Å². The van der Waals surface area contributed by atoms with E-state index in [1.807, 2.05) is 20.8 Å². The average Bonchev–Trinajstić information content (AvgIpc) is 2.40. The fraction of sp³-hybridized carbons (Fsp3) is 0.533. The van der Waals surface area contributed by atoms with E-state index in [-0.39, 0.29) is 10.9 Å². The summed E-state index contributed by atoms with van der Waals surface area (Å²) in [6, 6.07) is 4.44. The number of halogens is 2. The molecule has 0 aromatic heterocycles. The van der Waals surface area contributed by atoms with Gasteiger partial charge in [-0.25, -0.2) is 4.39 Å². The summed E-state index contributed by atoms with van der Waals surface area (Å²) < 4.78 is 33.4. The SMILES string of the molecule is COC(=O)CC(C)(N[S@+]([O-])C(C)(C)C)c1ccc(F)c(Br)c1. The molecule has 0 radical (unpaired) electrons. The van der Waals surface area contributed by atoms with Crippen molar-refractivity contribution >= 4 is 33.3 Å². The van der Waals surface area contributed by atoms with Crippen LogP contribution in [0.4, 0.5) is 4.39 Å². The Hall–Kier alpha value is -0.630. The molecule has 4 nitrogen and oxygen atoms in total. The summed E-state index contributed by atoms with van der Waals surface area (Å²) in [5.41, 5.74) is -0.301. The Morgan fingerprint density at radius 3 is 2.45 bits per heavy atom. The molecule has 124 valence electrons. The third-order valence-corrected chi connectivity index (χ3v) is 5.51. The monoisotopic (exact) mass is 393 g/mol. The summed E-state index contributed by atoms with van der Waals surface area (Å²) in [5, 5.41) is 0. The van der Waals surface area contributed by atoms with Crippen LogP contribution in [0.3, 0.4) is 0 Å². The molecular weight excluding hydrogens is 373 g/mol. The molecule has 0 spiro atoms. The number of benzene rings is 1. The lowest BCUT2D eigenvalue weighted by atomic mass is 9.90. The minimum Gasteiger partial charge on any atom is -0.598 e. The van der Waals surface area contributed by atoms with Crippen LogP contribution in [0.25, 0.3) is 0 Å². The maximum atomic E-state index is 13.4. The quantitative estimate of drug-likeness (QED) is 0.614. The van der Waals surface area contributed by atoms with Crippen molar-refractivity contribution in [1.29, 1.82) is 0 Å². The summed E-state index contributed by atoms with van der Waals surface area (Å²) >= 11 is 1.73. The Morgan fingerprint density at radius 1 is 1.41 bits per heavy atom. The molecule has 0 saturated heterocycles. The maximum Gasteiger partial charge on any atom is 0.307 e. The van der Waals surface area contributed by atoms with Gasteiger partial charge in [-0.05, 0) is 61.3 Å². The van der Waals surface area contributed by atoms with Crippen LogP contribution >= 0.6 is 15.9 Å². The number of esters is 1. The smallest absolute Gasteiger partial charge is 0.307 e. The predicted octanol–water partition coefficient (Wildman–Crippen LogP) is 3.42. The Morgan fingerprint density at radius 2 is 2.00 bits per heavy atom. The van der Waals surface area contributed by atoms with Gasteiger partial charge in [-0.2, -0.15) is 0 Å². The first kappa shape index (κ1) is 19.4. The van der Waals surface area contributed by atoms with E-state index in [1.165, 1.54) is 13.2 Å². The standard InChI is InChI=1S/C15H21BrFNO3S/c1-14(2,3)22(20)18-15(4,9-13(19)21-5)10-6-7-12(17)11(16)8-10/h6-8,18H,9H2,1-5H3/t15?,22-/m1/s1. The van der Waals surface area contributed by atoms with E-state index in [4.69, 9.17) is 4.74 Å². The van der Waals surface area contributed by atoms with Crippen molar-refractivity contribution in [2.75, 3.05) is 7.11 Å². The van der Waals surface area contributed by atoms with Crippen LogP contribution in [0.2, 0.25) is 0 Å². The molecule has 2 atom stereocenters. The first-order chi connectivity index (χ1) is 9.99. The fourth-order valence-corrected chi connectivity index (χ4v) is 3.04. The number of ether oxygens (including phenoxy) is 1. The molecular formula is C15H21BrFNO3S. The summed E-state index contributed by atoms with van der Waals surface area (Å²) in [7, 11) is 1.30. The van der Waals surface area contributed by atoms with Gasteiger partial charge >= 0.3 is 5.97 Å². The summed E-state index contributed by atoms with van der Waals surface area (Å²) in [5.74, 6) is -0.845. The van der Waals surface area contributed by atoms with Gasteiger partial charge in [0.2, 0.25) is 0 Å². The molecule has 1 rings (SSSR count). The lowest BCUT2D eigenvalue weighted by Gasteiger charge is -2.34. The number of hydrogen-bond donors (Lipinski definition) is 1. The van der Waals surface area contributed by atoms with Gasteiger partial charge in [-0.15, -0.1) is 4.72 Å². The molecule has 0 heterocycles. The number of hydrogen-bond acceptors (Lipinski definition) is 4. The summed E-state index contributed by atoms with van der Waals surface area (Å²) in [6.45, 7) is 7.23. The van der Waals surface area contributed by atoms with E-state index < -0.39 is 33.4 Å². The number of carbonyl (C=O) groups is 1. The van der Waals surface area contributed by atoms with Crippen LogP contribution in [0.1, 0.15) is 39.7 Å². The highest BCUT2D eigenvalue weighted by molar-refractivity contribution is 9.10. The molecule has 1 N–H and O–H groups in total. The molecule has 1 aromatic rings. The lowest BCUT2D eigenvalue weighted by Crippen LogP contribution is -2.51. The maximum absolute atomic E-state index is 13.4. The first-order valence-corrected chi connectivity index (χ1v) is 8.66. The minimum atomic E-state index is -1.40. The van der Waals surface area contributed by atoms with E-state index in [2.05, 4.69) is 20.7 Å². The van der Waals surface area contributed by atoms with E-state index >= 15 is 0 Å². The first-order valence-electron chi connectivity index (χ1n) is 6.71. The Bertz CT molecular complexity index is 550. The van der Waals surface area contributed by atoms with Crippen LogP contribution in [0.15, 0.2) is 22.7 Å². The fourth-order valence-electron chi connectivity index (χ4n) is 1.75. The van der Waals surface area contributed by atoms with Gasteiger partial charge in [-0.1, -0.05) is 6.07 Å². The Balaban J connectivity index is 3.20. The molecule has 0 fully saturated rings. The van der Waals surface area contributed by atoms with Gasteiger partial charge < -0.3 is 9.29 Å². The number of methoxy groups -OCH3 is 1. The zero-order chi connectivity index (χ0) is 17.1. The molecule has 7 heteroatoms. The van der Waals surface area contributed by atoms with Crippen LogP contribution in [0, 0.1) is 5.82 Å². The third kappa shape index (κ3) is 4.94. The normalized spacial score (nSPS) is 16.0. The number of nitrogens with one attached hydrogen (secondary N) is 1. The summed E-state index contributed by atoms with van der Waals surface area (Å²) in [4.78, 5) is 11.7. The van der Waals surface area contributed by atoms with Gasteiger partial charge in [0, 0.05) is 11.4 Å². The van der Waals surface area contributed by atoms with Gasteiger partial charge in [0.25, 0.3) is 0 Å². The van der Waals surface area contributed by atoms with Crippen molar-refractivity contribution in [2.45, 2.75) is 44.4 Å². The van der Waals surface area contributed by atoms with Crippen LogP contribution in [-0.2, 0) is 26.4 Å². The Labute approximate surface area is 142 Å². The minimum absolute atomic E-state index is 0.0244. The second-order valence-corrected chi connectivity index (χ2v) is 9.02. The number of carbonyl (C=O) groups excluding carboxylic acids is 1. The van der Waals surface area contributed by atoms with Crippen molar-refractivity contribution in [2.24, 2.45) is 0 Å². The largest absolute Gasteiger partial charge is 0.598 e. The number of rotatable bonds is 5. The highest BCUT2D eigenvalue weighted by Crippen LogP contribution is 2.31. The summed E-state index contributed by atoms with van der Waals surface area (Å²) in [6.07, 6.45) is -0.0244.